The number of anilines is 1. The third kappa shape index (κ3) is 4.31. The van der Waals surface area contributed by atoms with Gasteiger partial charge in [0.25, 0.3) is 5.69 Å². The van der Waals surface area contributed by atoms with Gasteiger partial charge in [0.1, 0.15) is 11.5 Å². The Balaban J connectivity index is 2.25. The van der Waals surface area contributed by atoms with Gasteiger partial charge in [0.05, 0.1) is 16.0 Å². The standard InChI is InChI=1S/C13H11FN4O4S/c14-10-3-1-9(2-4-10)8-16-17-12-6-5-11(23(15,21)22)7-13(12)18(19)20/h1-8,17H,(H2,15,21,22)/b16-8+. The summed E-state index contributed by atoms with van der Waals surface area (Å²) in [6, 6.07) is 8.57. The number of halogens is 1. The van der Waals surface area contributed by atoms with E-state index in [1.807, 2.05) is 0 Å². The summed E-state index contributed by atoms with van der Waals surface area (Å²) in [7, 11) is -4.05. The van der Waals surface area contributed by atoms with Crippen LogP contribution < -0.4 is 10.6 Å². The number of hydrazone groups is 1. The number of rotatable bonds is 5. The number of benzene rings is 2. The van der Waals surface area contributed by atoms with Gasteiger partial charge < -0.3 is 0 Å². The first kappa shape index (κ1) is 16.5. The van der Waals surface area contributed by atoms with Crippen LogP contribution in [0.25, 0.3) is 0 Å². The number of nitro benzene ring substituents is 1. The number of sulfonamides is 1. The Labute approximate surface area is 130 Å². The Hall–Kier alpha value is -2.85. The van der Waals surface area contributed by atoms with Crippen molar-refractivity contribution < 1.29 is 17.7 Å². The molecule has 8 nitrogen and oxygen atoms in total. The highest BCUT2D eigenvalue weighted by Gasteiger charge is 2.18. The van der Waals surface area contributed by atoms with Crippen LogP contribution in [-0.2, 0) is 10.0 Å². The van der Waals surface area contributed by atoms with E-state index in [2.05, 4.69) is 10.5 Å². The molecule has 0 fully saturated rings. The van der Waals surface area contributed by atoms with E-state index in [9.17, 15) is 22.9 Å². The largest absolute Gasteiger partial charge is 0.295 e. The van der Waals surface area contributed by atoms with Crippen molar-refractivity contribution in [1.29, 1.82) is 0 Å². The molecule has 0 aliphatic rings. The smallest absolute Gasteiger partial charge is 0.272 e. The van der Waals surface area contributed by atoms with Crippen molar-refractivity contribution in [1.82, 2.24) is 0 Å². The molecule has 0 spiro atoms. The summed E-state index contributed by atoms with van der Waals surface area (Å²) in [6.07, 6.45) is 1.33. The molecule has 0 radical (unpaired) electrons. The van der Waals surface area contributed by atoms with Gasteiger partial charge in [-0.15, -0.1) is 0 Å². The van der Waals surface area contributed by atoms with E-state index in [1.165, 1.54) is 36.5 Å². The molecular weight excluding hydrogens is 327 g/mol. The molecule has 23 heavy (non-hydrogen) atoms. The van der Waals surface area contributed by atoms with Gasteiger partial charge in [0.2, 0.25) is 10.0 Å². The molecule has 0 amide bonds. The molecule has 0 aromatic heterocycles. The van der Waals surface area contributed by atoms with Crippen LogP contribution in [0, 0.1) is 15.9 Å². The molecule has 2 aromatic rings. The second-order valence-corrected chi connectivity index (χ2v) is 5.96. The van der Waals surface area contributed by atoms with Crippen molar-refractivity contribution in [2.45, 2.75) is 4.90 Å². The maximum absolute atomic E-state index is 12.8. The first-order valence-electron chi connectivity index (χ1n) is 6.13. The average molecular weight is 338 g/mol. The minimum Gasteiger partial charge on any atom is -0.272 e. The van der Waals surface area contributed by atoms with Gasteiger partial charge in [-0.2, -0.15) is 5.10 Å². The highest BCUT2D eigenvalue weighted by atomic mass is 32.2. The van der Waals surface area contributed by atoms with Crippen LogP contribution in [0.5, 0.6) is 0 Å². The first-order valence-corrected chi connectivity index (χ1v) is 7.68. The van der Waals surface area contributed by atoms with Crippen molar-refractivity contribution in [3.63, 3.8) is 0 Å². The number of hydrogen-bond acceptors (Lipinski definition) is 6. The van der Waals surface area contributed by atoms with Crippen molar-refractivity contribution in [2.75, 3.05) is 5.43 Å². The van der Waals surface area contributed by atoms with Gasteiger partial charge in [0, 0.05) is 6.07 Å². The summed E-state index contributed by atoms with van der Waals surface area (Å²) in [5.74, 6) is -0.399. The quantitative estimate of drug-likeness (QED) is 0.488. The van der Waals surface area contributed by atoms with Gasteiger partial charge >= 0.3 is 0 Å². The Morgan fingerprint density at radius 1 is 1.22 bits per heavy atom. The summed E-state index contributed by atoms with van der Waals surface area (Å²) in [4.78, 5) is 9.87. The molecule has 0 saturated carbocycles. The van der Waals surface area contributed by atoms with Crippen LogP contribution in [0.3, 0.4) is 0 Å². The molecule has 3 N–H and O–H groups in total. The van der Waals surface area contributed by atoms with Crippen molar-refractivity contribution in [2.24, 2.45) is 10.2 Å². The molecule has 0 atom stereocenters. The third-order valence-electron chi connectivity index (χ3n) is 2.76. The number of primary sulfonamides is 1. The van der Waals surface area contributed by atoms with Crippen molar-refractivity contribution >= 4 is 27.6 Å². The Morgan fingerprint density at radius 2 is 1.87 bits per heavy atom. The zero-order chi connectivity index (χ0) is 17.0. The molecule has 10 heteroatoms. The Morgan fingerprint density at radius 3 is 2.43 bits per heavy atom. The van der Waals surface area contributed by atoms with Gasteiger partial charge in [-0.25, -0.2) is 17.9 Å². The number of nitro groups is 1. The molecule has 0 bridgehead atoms. The number of nitrogens with zero attached hydrogens (tertiary/aromatic N) is 2. The Bertz CT molecular complexity index is 866. The number of nitrogens with one attached hydrogen (secondary N) is 1. The predicted octanol–water partition coefficient (Wildman–Crippen LogP) is 1.83. The van der Waals surface area contributed by atoms with Crippen LogP contribution in [-0.4, -0.2) is 19.6 Å². The lowest BCUT2D eigenvalue weighted by Crippen LogP contribution is -2.12. The van der Waals surface area contributed by atoms with Crippen LogP contribution in [0.15, 0.2) is 52.5 Å². The monoisotopic (exact) mass is 338 g/mol. The third-order valence-corrected chi connectivity index (χ3v) is 3.67. The van der Waals surface area contributed by atoms with Crippen LogP contribution in [0.4, 0.5) is 15.8 Å². The molecule has 120 valence electrons. The fraction of sp³-hybridized carbons (Fsp3) is 0. The van der Waals surface area contributed by atoms with Crippen LogP contribution >= 0.6 is 0 Å². The molecule has 0 heterocycles. The maximum Gasteiger partial charge on any atom is 0.295 e. The van der Waals surface area contributed by atoms with E-state index in [0.29, 0.717) is 5.56 Å². The fourth-order valence-electron chi connectivity index (χ4n) is 1.66. The summed E-state index contributed by atoms with van der Waals surface area (Å²) in [5.41, 5.74) is 2.50. The molecular formula is C13H11FN4O4S. The van der Waals surface area contributed by atoms with Gasteiger partial charge in [-0.1, -0.05) is 12.1 Å². The minimum atomic E-state index is -4.05. The lowest BCUT2D eigenvalue weighted by Gasteiger charge is -2.04. The SMILES string of the molecule is NS(=O)(=O)c1ccc(N/N=C/c2ccc(F)cc2)c([N+](=O)[O-])c1. The molecule has 0 unspecified atom stereocenters. The maximum atomic E-state index is 12.8. The molecule has 0 aliphatic carbocycles. The fourth-order valence-corrected chi connectivity index (χ4v) is 2.19. The van der Waals surface area contributed by atoms with E-state index in [-0.39, 0.29) is 10.6 Å². The van der Waals surface area contributed by atoms with Crippen LogP contribution in [0.2, 0.25) is 0 Å². The molecule has 2 rings (SSSR count). The molecule has 0 saturated heterocycles. The van der Waals surface area contributed by atoms with Crippen molar-refractivity contribution in [3.8, 4) is 0 Å². The van der Waals surface area contributed by atoms with E-state index >= 15 is 0 Å². The van der Waals surface area contributed by atoms with Crippen molar-refractivity contribution in [3.05, 3.63) is 64.0 Å². The normalized spacial score (nSPS) is 11.6. The minimum absolute atomic E-state index is 0.0132. The van der Waals surface area contributed by atoms with E-state index in [4.69, 9.17) is 5.14 Å². The molecule has 0 aliphatic heterocycles. The number of nitrogens with two attached hydrogens (primary N) is 1. The number of hydrogen-bond donors (Lipinski definition) is 2. The second kappa shape index (κ2) is 6.50. The van der Waals surface area contributed by atoms with Crippen LogP contribution in [0.1, 0.15) is 5.56 Å². The zero-order valence-corrected chi connectivity index (χ0v) is 12.3. The second-order valence-electron chi connectivity index (χ2n) is 4.40. The zero-order valence-electron chi connectivity index (χ0n) is 11.5. The average Bonchev–Trinajstić information content (AvgIpc) is 2.48. The van der Waals surface area contributed by atoms with Gasteiger partial charge in [-0.3, -0.25) is 15.5 Å². The summed E-state index contributed by atoms with van der Waals surface area (Å²) in [6.45, 7) is 0. The Kier molecular flexibility index (Phi) is 4.67. The summed E-state index contributed by atoms with van der Waals surface area (Å²) < 4.78 is 35.2. The van der Waals surface area contributed by atoms with E-state index in [1.54, 1.807) is 0 Å². The highest BCUT2D eigenvalue weighted by molar-refractivity contribution is 7.89. The molecule has 2 aromatic carbocycles. The predicted molar refractivity (Wildman–Crippen MR) is 82.1 cm³/mol. The van der Waals surface area contributed by atoms with Gasteiger partial charge in [0.15, 0.2) is 0 Å². The van der Waals surface area contributed by atoms with Gasteiger partial charge in [-0.05, 0) is 29.8 Å². The van der Waals surface area contributed by atoms with E-state index in [0.717, 1.165) is 12.1 Å². The summed E-state index contributed by atoms with van der Waals surface area (Å²) >= 11 is 0. The van der Waals surface area contributed by atoms with E-state index < -0.39 is 26.5 Å². The first-order chi connectivity index (χ1) is 10.8. The topological polar surface area (TPSA) is 128 Å². The summed E-state index contributed by atoms with van der Waals surface area (Å²) in [5, 5.41) is 19.7. The lowest BCUT2D eigenvalue weighted by atomic mass is 10.2. The lowest BCUT2D eigenvalue weighted by molar-refractivity contribution is -0.384. The highest BCUT2D eigenvalue weighted by Crippen LogP contribution is 2.27.